The second kappa shape index (κ2) is 5.77. The lowest BCUT2D eigenvalue weighted by Gasteiger charge is -2.16. The Morgan fingerprint density at radius 1 is 1.47 bits per heavy atom. The van der Waals surface area contributed by atoms with Gasteiger partial charge < -0.3 is 14.8 Å². The quantitative estimate of drug-likeness (QED) is 0.863. The lowest BCUT2D eigenvalue weighted by atomic mass is 10.1. The summed E-state index contributed by atoms with van der Waals surface area (Å²) in [7, 11) is 0. The third kappa shape index (κ3) is 4.31. The number of aryl methyl sites for hydroxylation is 1. The summed E-state index contributed by atoms with van der Waals surface area (Å²) in [6.07, 6.45) is -4.73. The number of furan rings is 1. The second-order valence-electron chi connectivity index (χ2n) is 3.79. The molecule has 1 atom stereocenters. The zero-order valence-corrected chi connectivity index (χ0v) is 9.95. The van der Waals surface area contributed by atoms with Crippen molar-refractivity contribution in [1.82, 2.24) is 5.32 Å². The Morgan fingerprint density at radius 2 is 2.11 bits per heavy atom. The number of carboxylic acids is 1. The van der Waals surface area contributed by atoms with E-state index in [9.17, 15) is 22.8 Å². The Hall–Kier alpha value is -1.99. The van der Waals surface area contributed by atoms with E-state index in [0.717, 1.165) is 0 Å². The van der Waals surface area contributed by atoms with Gasteiger partial charge in [-0.1, -0.05) is 6.92 Å². The molecule has 1 rings (SSSR count). The smallest absolute Gasteiger partial charge is 0.391 e. The zero-order valence-electron chi connectivity index (χ0n) is 9.95. The van der Waals surface area contributed by atoms with E-state index in [4.69, 9.17) is 9.52 Å². The predicted octanol–water partition coefficient (Wildman–Crippen LogP) is 1.98. The van der Waals surface area contributed by atoms with Crippen molar-refractivity contribution in [2.24, 2.45) is 0 Å². The average Bonchev–Trinajstić information content (AvgIpc) is 2.73. The summed E-state index contributed by atoms with van der Waals surface area (Å²) in [5, 5.41) is 10.5. The molecule has 8 heteroatoms. The zero-order chi connectivity index (χ0) is 14.6. The van der Waals surface area contributed by atoms with Crippen LogP contribution in [-0.2, 0) is 11.2 Å². The number of carbonyl (C=O) groups excluding carboxylic acids is 1. The summed E-state index contributed by atoms with van der Waals surface area (Å²) in [5.41, 5.74) is 0.0379. The highest BCUT2D eigenvalue weighted by atomic mass is 19.4. The summed E-state index contributed by atoms with van der Waals surface area (Å²) in [6.45, 7) is 1.69. The Bertz CT molecular complexity index is 467. The van der Waals surface area contributed by atoms with Gasteiger partial charge >= 0.3 is 12.1 Å². The highest BCUT2D eigenvalue weighted by molar-refractivity contribution is 5.97. The molecule has 1 aromatic rings. The molecule has 0 saturated carbocycles. The van der Waals surface area contributed by atoms with Crippen LogP contribution in [0.4, 0.5) is 13.2 Å². The van der Waals surface area contributed by atoms with Crippen molar-refractivity contribution in [2.75, 3.05) is 0 Å². The monoisotopic (exact) mass is 279 g/mol. The maximum atomic E-state index is 12.2. The van der Waals surface area contributed by atoms with Crippen molar-refractivity contribution in [3.05, 3.63) is 23.7 Å². The number of aliphatic carboxylic acids is 1. The van der Waals surface area contributed by atoms with Gasteiger partial charge in [0, 0.05) is 6.42 Å². The Labute approximate surface area is 106 Å². The normalized spacial score (nSPS) is 13.1. The Kier molecular flexibility index (Phi) is 4.57. The van der Waals surface area contributed by atoms with E-state index in [-0.39, 0.29) is 11.3 Å². The van der Waals surface area contributed by atoms with Crippen molar-refractivity contribution < 1.29 is 32.3 Å². The topological polar surface area (TPSA) is 79.5 Å². The van der Waals surface area contributed by atoms with E-state index in [0.29, 0.717) is 6.42 Å². The number of amides is 1. The molecule has 2 N–H and O–H groups in total. The molecule has 0 aromatic carbocycles. The summed E-state index contributed by atoms with van der Waals surface area (Å²) in [6, 6.07) is -0.743. The van der Waals surface area contributed by atoms with E-state index < -0.39 is 30.5 Å². The fourth-order valence-electron chi connectivity index (χ4n) is 1.48. The van der Waals surface area contributed by atoms with Crippen LogP contribution in [0, 0.1) is 0 Å². The van der Waals surface area contributed by atoms with Crippen LogP contribution in [0.15, 0.2) is 16.7 Å². The molecule has 0 aliphatic carbocycles. The van der Waals surface area contributed by atoms with E-state index in [1.54, 1.807) is 6.92 Å². The molecule has 1 amide bonds. The number of alkyl halides is 3. The van der Waals surface area contributed by atoms with Crippen LogP contribution in [0.3, 0.4) is 0 Å². The van der Waals surface area contributed by atoms with Gasteiger partial charge in [-0.15, -0.1) is 0 Å². The van der Waals surface area contributed by atoms with Gasteiger partial charge in [0.15, 0.2) is 0 Å². The number of carbonyl (C=O) groups is 2. The molecule has 5 nitrogen and oxygen atoms in total. The molecular formula is C11H12F3NO4. The minimum atomic E-state index is -4.68. The molecule has 0 radical (unpaired) electrons. The summed E-state index contributed by atoms with van der Waals surface area (Å²) >= 11 is 0. The number of hydrogen-bond donors (Lipinski definition) is 2. The van der Waals surface area contributed by atoms with Crippen LogP contribution in [0.25, 0.3) is 0 Å². The lowest BCUT2D eigenvalue weighted by molar-refractivity contribution is -0.157. The SMILES string of the molecule is CCc1occc1C(=O)NC(CC(F)(F)F)C(=O)O. The highest BCUT2D eigenvalue weighted by Crippen LogP contribution is 2.22. The van der Waals surface area contributed by atoms with Crippen LogP contribution in [-0.4, -0.2) is 29.2 Å². The Morgan fingerprint density at radius 3 is 2.58 bits per heavy atom. The van der Waals surface area contributed by atoms with Gasteiger partial charge in [0.05, 0.1) is 18.2 Å². The van der Waals surface area contributed by atoms with Crippen LogP contribution < -0.4 is 5.32 Å². The number of hydrogen-bond acceptors (Lipinski definition) is 3. The van der Waals surface area contributed by atoms with E-state index in [1.165, 1.54) is 12.3 Å². The van der Waals surface area contributed by atoms with E-state index in [2.05, 4.69) is 0 Å². The van der Waals surface area contributed by atoms with Gasteiger partial charge in [-0.05, 0) is 6.07 Å². The molecule has 0 bridgehead atoms. The van der Waals surface area contributed by atoms with Gasteiger partial charge in [-0.3, -0.25) is 4.79 Å². The summed E-state index contributed by atoms with van der Waals surface area (Å²) in [4.78, 5) is 22.4. The molecule has 0 spiro atoms. The molecule has 1 unspecified atom stereocenters. The van der Waals surface area contributed by atoms with Gasteiger partial charge in [0.2, 0.25) is 0 Å². The maximum absolute atomic E-state index is 12.2. The molecule has 0 saturated heterocycles. The van der Waals surface area contributed by atoms with Gasteiger partial charge in [-0.25, -0.2) is 4.79 Å². The number of carboxylic acid groups (broad SMARTS) is 1. The standard InChI is InChI=1S/C11H12F3NO4/c1-2-8-6(3-4-19-8)9(16)15-7(10(17)18)5-11(12,13)14/h3-4,7H,2,5H2,1H3,(H,15,16)(H,17,18). The lowest BCUT2D eigenvalue weighted by Crippen LogP contribution is -2.43. The average molecular weight is 279 g/mol. The third-order valence-corrected chi connectivity index (χ3v) is 2.35. The van der Waals surface area contributed by atoms with Crippen LogP contribution >= 0.6 is 0 Å². The van der Waals surface area contributed by atoms with Crippen LogP contribution in [0.2, 0.25) is 0 Å². The fraction of sp³-hybridized carbons (Fsp3) is 0.455. The van der Waals surface area contributed by atoms with Crippen molar-refractivity contribution in [3.8, 4) is 0 Å². The van der Waals surface area contributed by atoms with E-state index >= 15 is 0 Å². The van der Waals surface area contributed by atoms with Gasteiger partial charge in [-0.2, -0.15) is 13.2 Å². The summed E-state index contributed by atoms with van der Waals surface area (Å²) < 4.78 is 41.5. The first-order valence-corrected chi connectivity index (χ1v) is 5.41. The number of nitrogens with one attached hydrogen (secondary N) is 1. The molecule has 106 valence electrons. The predicted molar refractivity (Wildman–Crippen MR) is 57.6 cm³/mol. The molecular weight excluding hydrogens is 267 g/mol. The van der Waals surface area contributed by atoms with Crippen molar-refractivity contribution in [1.29, 1.82) is 0 Å². The fourth-order valence-corrected chi connectivity index (χ4v) is 1.48. The van der Waals surface area contributed by atoms with Gasteiger partial charge in [0.1, 0.15) is 11.8 Å². The molecule has 19 heavy (non-hydrogen) atoms. The second-order valence-corrected chi connectivity index (χ2v) is 3.79. The number of rotatable bonds is 5. The first-order chi connectivity index (χ1) is 8.74. The molecule has 0 fully saturated rings. The summed E-state index contributed by atoms with van der Waals surface area (Å²) in [5.74, 6) is -2.36. The van der Waals surface area contributed by atoms with Crippen LogP contribution in [0.5, 0.6) is 0 Å². The maximum Gasteiger partial charge on any atom is 0.391 e. The first kappa shape index (κ1) is 15.1. The van der Waals surface area contributed by atoms with Crippen molar-refractivity contribution >= 4 is 11.9 Å². The third-order valence-electron chi connectivity index (χ3n) is 2.35. The number of halogens is 3. The largest absolute Gasteiger partial charge is 0.480 e. The molecule has 1 heterocycles. The molecule has 0 aliphatic rings. The minimum Gasteiger partial charge on any atom is -0.480 e. The molecule has 1 aromatic heterocycles. The molecule has 0 aliphatic heterocycles. The first-order valence-electron chi connectivity index (χ1n) is 5.41. The van der Waals surface area contributed by atoms with Crippen molar-refractivity contribution in [3.63, 3.8) is 0 Å². The van der Waals surface area contributed by atoms with Crippen molar-refractivity contribution in [2.45, 2.75) is 32.0 Å². The minimum absolute atomic E-state index is 0.0379. The highest BCUT2D eigenvalue weighted by Gasteiger charge is 2.36. The Balaban J connectivity index is 2.80. The van der Waals surface area contributed by atoms with Crippen LogP contribution in [0.1, 0.15) is 29.5 Å². The van der Waals surface area contributed by atoms with Gasteiger partial charge in [0.25, 0.3) is 5.91 Å². The van der Waals surface area contributed by atoms with E-state index in [1.807, 2.05) is 5.32 Å².